The molecule has 0 radical (unpaired) electrons. The Morgan fingerprint density at radius 2 is 2.10 bits per heavy atom. The summed E-state index contributed by atoms with van der Waals surface area (Å²) >= 11 is 0. The first-order valence-electron chi connectivity index (χ1n) is 4.09. The Morgan fingerprint density at radius 1 is 1.30 bits per heavy atom. The summed E-state index contributed by atoms with van der Waals surface area (Å²) in [5.74, 6) is 0. The van der Waals surface area contributed by atoms with Crippen molar-refractivity contribution in [1.82, 2.24) is 10.2 Å². The summed E-state index contributed by atoms with van der Waals surface area (Å²) in [5.41, 5.74) is 0. The van der Waals surface area contributed by atoms with Crippen LogP contribution in [-0.4, -0.2) is 30.7 Å². The maximum absolute atomic E-state index is 3.48. The maximum Gasteiger partial charge on any atom is 0.0603 e. The third-order valence-corrected chi connectivity index (χ3v) is 2.32. The third-order valence-electron chi connectivity index (χ3n) is 2.32. The van der Waals surface area contributed by atoms with E-state index in [9.17, 15) is 0 Å². The predicted octanol–water partition coefficient (Wildman–Crippen LogP) is 0.568. The molecule has 2 aliphatic heterocycles. The lowest BCUT2D eigenvalue weighted by Gasteiger charge is -2.22. The maximum atomic E-state index is 3.48. The van der Waals surface area contributed by atoms with Gasteiger partial charge in [0.1, 0.15) is 0 Å². The van der Waals surface area contributed by atoms with Crippen LogP contribution in [0.2, 0.25) is 0 Å². The van der Waals surface area contributed by atoms with Gasteiger partial charge in [0.2, 0.25) is 0 Å². The van der Waals surface area contributed by atoms with Crippen molar-refractivity contribution < 1.29 is 0 Å². The van der Waals surface area contributed by atoms with E-state index < -0.39 is 0 Å². The molecule has 2 rings (SSSR count). The largest absolute Gasteiger partial charge is 0.302 e. The molecule has 10 heavy (non-hydrogen) atoms. The monoisotopic (exact) mass is 138 g/mol. The van der Waals surface area contributed by atoms with Gasteiger partial charge < -0.3 is 5.32 Å². The normalized spacial score (nSPS) is 33.8. The van der Waals surface area contributed by atoms with Crippen LogP contribution >= 0.6 is 0 Å². The van der Waals surface area contributed by atoms with E-state index in [0.29, 0.717) is 6.17 Å². The van der Waals surface area contributed by atoms with Crippen LogP contribution < -0.4 is 5.32 Å². The molecule has 2 heterocycles. The van der Waals surface area contributed by atoms with Crippen LogP contribution in [0, 0.1) is 0 Å². The fourth-order valence-corrected chi connectivity index (χ4v) is 1.73. The zero-order valence-electron chi connectivity index (χ0n) is 6.21. The number of hydrogen-bond acceptors (Lipinski definition) is 2. The van der Waals surface area contributed by atoms with Crippen molar-refractivity contribution in [2.45, 2.75) is 19.0 Å². The Labute approximate surface area is 61.9 Å². The van der Waals surface area contributed by atoms with Crippen LogP contribution in [0.25, 0.3) is 0 Å². The molecule has 56 valence electrons. The van der Waals surface area contributed by atoms with E-state index in [1.807, 2.05) is 0 Å². The van der Waals surface area contributed by atoms with Gasteiger partial charge in [-0.1, -0.05) is 12.2 Å². The molecule has 2 aliphatic rings. The van der Waals surface area contributed by atoms with Crippen molar-refractivity contribution >= 4 is 0 Å². The second kappa shape index (κ2) is 2.72. The molecular weight excluding hydrogens is 124 g/mol. The number of rotatable bonds is 1. The van der Waals surface area contributed by atoms with E-state index >= 15 is 0 Å². The highest BCUT2D eigenvalue weighted by molar-refractivity contribution is 4.97. The average molecular weight is 138 g/mol. The van der Waals surface area contributed by atoms with Crippen LogP contribution in [-0.2, 0) is 0 Å². The smallest absolute Gasteiger partial charge is 0.0603 e. The van der Waals surface area contributed by atoms with Crippen molar-refractivity contribution in [2.24, 2.45) is 0 Å². The fraction of sp³-hybridized carbons (Fsp3) is 0.750. The number of nitrogens with zero attached hydrogens (tertiary/aromatic N) is 1. The van der Waals surface area contributed by atoms with Crippen LogP contribution in [0.5, 0.6) is 0 Å². The lowest BCUT2D eigenvalue weighted by Crippen LogP contribution is -2.39. The quantitative estimate of drug-likeness (QED) is 0.533. The van der Waals surface area contributed by atoms with E-state index in [1.54, 1.807) is 0 Å². The topological polar surface area (TPSA) is 15.3 Å². The fourth-order valence-electron chi connectivity index (χ4n) is 1.73. The summed E-state index contributed by atoms with van der Waals surface area (Å²) in [6.07, 6.45) is 7.86. The van der Waals surface area contributed by atoms with Crippen molar-refractivity contribution in [2.75, 3.05) is 19.6 Å². The zero-order chi connectivity index (χ0) is 6.81. The van der Waals surface area contributed by atoms with Gasteiger partial charge in [-0.15, -0.1) is 0 Å². The Bertz CT molecular complexity index is 128. The van der Waals surface area contributed by atoms with Gasteiger partial charge in [0.05, 0.1) is 6.17 Å². The Balaban J connectivity index is 1.87. The van der Waals surface area contributed by atoms with Gasteiger partial charge >= 0.3 is 0 Å². The van der Waals surface area contributed by atoms with Gasteiger partial charge in [0, 0.05) is 13.1 Å². The SMILES string of the molecule is C1=CCN(C2CCCN2)C1. The van der Waals surface area contributed by atoms with Gasteiger partial charge in [-0.25, -0.2) is 0 Å². The van der Waals surface area contributed by atoms with Crippen LogP contribution in [0.15, 0.2) is 12.2 Å². The van der Waals surface area contributed by atoms with E-state index in [4.69, 9.17) is 0 Å². The first kappa shape index (κ1) is 6.38. The molecule has 1 N–H and O–H groups in total. The predicted molar refractivity (Wildman–Crippen MR) is 41.7 cm³/mol. The van der Waals surface area contributed by atoms with Crippen LogP contribution in [0.1, 0.15) is 12.8 Å². The van der Waals surface area contributed by atoms with E-state index in [-0.39, 0.29) is 0 Å². The van der Waals surface area contributed by atoms with E-state index in [1.165, 1.54) is 19.4 Å². The Kier molecular flexibility index (Phi) is 1.74. The van der Waals surface area contributed by atoms with Gasteiger partial charge in [0.25, 0.3) is 0 Å². The Morgan fingerprint density at radius 3 is 2.70 bits per heavy atom. The van der Waals surface area contributed by atoms with Crippen molar-refractivity contribution in [3.8, 4) is 0 Å². The van der Waals surface area contributed by atoms with Crippen LogP contribution in [0.3, 0.4) is 0 Å². The highest BCUT2D eigenvalue weighted by Gasteiger charge is 2.21. The van der Waals surface area contributed by atoms with Crippen molar-refractivity contribution in [3.05, 3.63) is 12.2 Å². The summed E-state index contributed by atoms with van der Waals surface area (Å²) in [6.45, 7) is 3.51. The number of hydrogen-bond donors (Lipinski definition) is 1. The highest BCUT2D eigenvalue weighted by atomic mass is 15.3. The molecule has 2 heteroatoms. The molecule has 0 aromatic heterocycles. The molecule has 2 nitrogen and oxygen atoms in total. The lowest BCUT2D eigenvalue weighted by atomic mass is 10.3. The Hall–Kier alpha value is -0.340. The minimum Gasteiger partial charge on any atom is -0.302 e. The minimum absolute atomic E-state index is 0.676. The molecule has 1 atom stereocenters. The molecule has 0 bridgehead atoms. The lowest BCUT2D eigenvalue weighted by molar-refractivity contribution is 0.235. The van der Waals surface area contributed by atoms with E-state index in [0.717, 1.165) is 13.1 Å². The molecule has 0 spiro atoms. The van der Waals surface area contributed by atoms with Gasteiger partial charge in [0.15, 0.2) is 0 Å². The molecule has 0 saturated carbocycles. The standard InChI is InChI=1S/C8H14N2/c1-2-7-10(6-1)8-4-3-5-9-8/h1-2,8-9H,3-7H2. The van der Waals surface area contributed by atoms with Crippen molar-refractivity contribution in [1.29, 1.82) is 0 Å². The summed E-state index contributed by atoms with van der Waals surface area (Å²) in [5, 5.41) is 3.48. The molecule has 0 aromatic carbocycles. The molecule has 0 amide bonds. The van der Waals surface area contributed by atoms with Crippen molar-refractivity contribution in [3.63, 3.8) is 0 Å². The summed E-state index contributed by atoms with van der Waals surface area (Å²) in [4.78, 5) is 2.48. The van der Waals surface area contributed by atoms with Crippen LogP contribution in [0.4, 0.5) is 0 Å². The number of nitrogens with one attached hydrogen (secondary N) is 1. The zero-order valence-corrected chi connectivity index (χ0v) is 6.21. The summed E-state index contributed by atoms with van der Waals surface area (Å²) in [6, 6.07) is 0. The molecule has 0 aliphatic carbocycles. The molecular formula is C8H14N2. The first-order chi connectivity index (χ1) is 4.97. The highest BCUT2D eigenvalue weighted by Crippen LogP contribution is 2.12. The summed E-state index contributed by atoms with van der Waals surface area (Å²) in [7, 11) is 0. The summed E-state index contributed by atoms with van der Waals surface area (Å²) < 4.78 is 0. The van der Waals surface area contributed by atoms with Gasteiger partial charge in [-0.3, -0.25) is 4.90 Å². The molecule has 1 fully saturated rings. The molecule has 1 saturated heterocycles. The minimum atomic E-state index is 0.676. The first-order valence-corrected chi connectivity index (χ1v) is 4.09. The second-order valence-corrected chi connectivity index (χ2v) is 3.04. The third kappa shape index (κ3) is 1.09. The second-order valence-electron chi connectivity index (χ2n) is 3.04. The van der Waals surface area contributed by atoms with Gasteiger partial charge in [-0.2, -0.15) is 0 Å². The molecule has 0 aromatic rings. The van der Waals surface area contributed by atoms with E-state index in [2.05, 4.69) is 22.4 Å². The average Bonchev–Trinajstić information content (AvgIpc) is 2.59. The van der Waals surface area contributed by atoms with Gasteiger partial charge in [-0.05, 0) is 19.4 Å². The molecule has 1 unspecified atom stereocenters.